The van der Waals surface area contributed by atoms with Crippen molar-refractivity contribution in [1.29, 1.82) is 0 Å². The predicted molar refractivity (Wildman–Crippen MR) is 87.4 cm³/mol. The molecule has 0 fully saturated rings. The molecule has 2 rings (SSSR count). The molecule has 0 saturated heterocycles. The summed E-state index contributed by atoms with van der Waals surface area (Å²) < 4.78 is 1.06. The lowest BCUT2D eigenvalue weighted by Gasteiger charge is -2.08. The minimum absolute atomic E-state index is 0.375. The Balaban J connectivity index is 1.68. The van der Waals surface area contributed by atoms with E-state index in [1.165, 1.54) is 5.56 Å². The van der Waals surface area contributed by atoms with Crippen LogP contribution in [0.4, 0.5) is 10.5 Å². The lowest BCUT2D eigenvalue weighted by Crippen LogP contribution is -2.29. The maximum Gasteiger partial charge on any atom is 0.343 e. The predicted octanol–water partition coefficient (Wildman–Crippen LogP) is 3.59. The third kappa shape index (κ3) is 5.18. The number of hydrogen-bond donors (Lipinski definition) is 2. The van der Waals surface area contributed by atoms with Crippen molar-refractivity contribution in [2.75, 3.05) is 11.9 Å². The monoisotopic (exact) mass is 382 g/mol. The highest BCUT2D eigenvalue weighted by atomic mass is 127. The fraction of sp³-hybridized carbons (Fsp3) is 0.133. The first-order valence-electron chi connectivity index (χ1n) is 6.22. The van der Waals surface area contributed by atoms with E-state index in [0.29, 0.717) is 6.61 Å². The van der Waals surface area contributed by atoms with E-state index in [2.05, 4.69) is 33.4 Å². The van der Waals surface area contributed by atoms with Gasteiger partial charge in [-0.1, -0.05) is 36.4 Å². The molecule has 0 radical (unpaired) electrons. The topological polar surface area (TPSA) is 50.4 Å². The van der Waals surface area contributed by atoms with Crippen LogP contribution in [0.1, 0.15) is 5.56 Å². The van der Waals surface area contributed by atoms with Crippen LogP contribution in [-0.2, 0) is 11.3 Å². The van der Waals surface area contributed by atoms with Gasteiger partial charge in [-0.2, -0.15) is 0 Å². The van der Waals surface area contributed by atoms with E-state index in [1.807, 2.05) is 54.6 Å². The summed E-state index contributed by atoms with van der Waals surface area (Å²) in [5.41, 5.74) is 4.28. The van der Waals surface area contributed by atoms with E-state index >= 15 is 0 Å². The summed E-state index contributed by atoms with van der Waals surface area (Å²) in [6.07, 6.45) is 0.754. The largest absolute Gasteiger partial charge is 0.343 e. The summed E-state index contributed by atoms with van der Waals surface area (Å²) in [6.45, 7) is 0.434. The summed E-state index contributed by atoms with van der Waals surface area (Å²) in [6, 6.07) is 17.1. The molecule has 0 aliphatic rings. The van der Waals surface area contributed by atoms with Crippen molar-refractivity contribution in [3.8, 4) is 0 Å². The molecule has 0 saturated carbocycles. The molecular formula is C15H15IN2O2. The second kappa shape index (κ2) is 7.86. The molecule has 5 heteroatoms. The van der Waals surface area contributed by atoms with Gasteiger partial charge in [0.2, 0.25) is 0 Å². The molecule has 0 unspecified atom stereocenters. The first kappa shape index (κ1) is 14.8. The second-order valence-corrected chi connectivity index (χ2v) is 5.40. The van der Waals surface area contributed by atoms with Crippen molar-refractivity contribution in [2.24, 2.45) is 0 Å². The molecule has 2 aromatic carbocycles. The van der Waals surface area contributed by atoms with E-state index in [1.54, 1.807) is 0 Å². The lowest BCUT2D eigenvalue weighted by molar-refractivity contribution is 0.0681. The highest BCUT2D eigenvalue weighted by Gasteiger charge is 2.01. The number of nitrogens with one attached hydrogen (secondary N) is 2. The summed E-state index contributed by atoms with van der Waals surface area (Å²) in [7, 11) is 0. The number of carbonyl (C=O) groups is 1. The minimum Gasteiger partial charge on any atom is -0.306 e. The Morgan fingerprint density at radius 2 is 1.90 bits per heavy atom. The molecule has 104 valence electrons. The Morgan fingerprint density at radius 3 is 2.65 bits per heavy atom. The Hall–Kier alpha value is -1.60. The van der Waals surface area contributed by atoms with Gasteiger partial charge in [0.25, 0.3) is 0 Å². The number of rotatable bonds is 5. The quantitative estimate of drug-likeness (QED) is 0.472. The van der Waals surface area contributed by atoms with Gasteiger partial charge >= 0.3 is 6.03 Å². The zero-order chi connectivity index (χ0) is 14.2. The van der Waals surface area contributed by atoms with Gasteiger partial charge in [-0.25, -0.2) is 10.3 Å². The fourth-order valence-electron chi connectivity index (χ4n) is 1.65. The maximum absolute atomic E-state index is 11.6. The third-order valence-electron chi connectivity index (χ3n) is 2.58. The molecule has 0 atom stereocenters. The number of carbonyl (C=O) groups excluding carboxylic acids is 1. The SMILES string of the molecule is O=C(NOCCc1ccccc1)Nc1cccc(I)c1. The average Bonchev–Trinajstić information content (AvgIpc) is 2.45. The van der Waals surface area contributed by atoms with E-state index in [9.17, 15) is 4.79 Å². The normalized spacial score (nSPS) is 10.1. The summed E-state index contributed by atoms with van der Waals surface area (Å²) >= 11 is 2.19. The average molecular weight is 382 g/mol. The standard InChI is InChI=1S/C15H15IN2O2/c16-13-7-4-8-14(11-13)17-15(19)18-20-10-9-12-5-2-1-3-6-12/h1-8,11H,9-10H2,(H2,17,18,19). The van der Waals surface area contributed by atoms with Crippen LogP contribution >= 0.6 is 22.6 Å². The molecular weight excluding hydrogens is 367 g/mol. The van der Waals surface area contributed by atoms with E-state index in [-0.39, 0.29) is 6.03 Å². The van der Waals surface area contributed by atoms with Crippen molar-refractivity contribution in [3.63, 3.8) is 0 Å². The van der Waals surface area contributed by atoms with Crippen LogP contribution in [0.5, 0.6) is 0 Å². The number of anilines is 1. The van der Waals surface area contributed by atoms with E-state index < -0.39 is 0 Å². The van der Waals surface area contributed by atoms with Crippen LogP contribution < -0.4 is 10.8 Å². The summed E-state index contributed by atoms with van der Waals surface area (Å²) in [5, 5.41) is 2.70. The Bertz CT molecular complexity index is 561. The van der Waals surface area contributed by atoms with E-state index in [4.69, 9.17) is 4.84 Å². The van der Waals surface area contributed by atoms with Crippen LogP contribution in [0.2, 0.25) is 0 Å². The van der Waals surface area contributed by atoms with Crippen LogP contribution in [0, 0.1) is 3.57 Å². The van der Waals surface area contributed by atoms with Crippen molar-refractivity contribution in [3.05, 3.63) is 63.7 Å². The number of urea groups is 1. The molecule has 2 amide bonds. The highest BCUT2D eigenvalue weighted by Crippen LogP contribution is 2.11. The molecule has 0 aliphatic heterocycles. The minimum atomic E-state index is -0.375. The van der Waals surface area contributed by atoms with Gasteiger partial charge in [-0.05, 0) is 52.8 Å². The van der Waals surface area contributed by atoms with Crippen LogP contribution in [0.25, 0.3) is 0 Å². The Labute approximate surface area is 131 Å². The van der Waals surface area contributed by atoms with Gasteiger partial charge in [0, 0.05) is 9.26 Å². The Morgan fingerprint density at radius 1 is 1.10 bits per heavy atom. The number of hydrogen-bond acceptors (Lipinski definition) is 2. The van der Waals surface area contributed by atoms with Crippen molar-refractivity contribution in [2.45, 2.75) is 6.42 Å². The van der Waals surface area contributed by atoms with Gasteiger partial charge in [-0.15, -0.1) is 0 Å². The van der Waals surface area contributed by atoms with Gasteiger partial charge in [0.05, 0.1) is 6.61 Å². The molecule has 0 spiro atoms. The van der Waals surface area contributed by atoms with Crippen LogP contribution in [0.3, 0.4) is 0 Å². The Kier molecular flexibility index (Phi) is 5.82. The molecule has 2 aromatic rings. The summed E-state index contributed by atoms with van der Waals surface area (Å²) in [4.78, 5) is 16.7. The first-order valence-corrected chi connectivity index (χ1v) is 7.30. The smallest absolute Gasteiger partial charge is 0.306 e. The van der Waals surface area contributed by atoms with Crippen molar-refractivity contribution in [1.82, 2.24) is 5.48 Å². The van der Waals surface area contributed by atoms with E-state index in [0.717, 1.165) is 15.7 Å². The molecule has 4 nitrogen and oxygen atoms in total. The number of benzene rings is 2. The zero-order valence-corrected chi connectivity index (χ0v) is 13.0. The lowest BCUT2D eigenvalue weighted by atomic mass is 10.2. The molecule has 2 N–H and O–H groups in total. The van der Waals surface area contributed by atoms with Gasteiger partial charge in [0.15, 0.2) is 0 Å². The number of hydroxylamine groups is 1. The van der Waals surface area contributed by atoms with Crippen LogP contribution in [-0.4, -0.2) is 12.6 Å². The molecule has 20 heavy (non-hydrogen) atoms. The molecule has 0 bridgehead atoms. The third-order valence-corrected chi connectivity index (χ3v) is 3.25. The molecule has 0 aliphatic carbocycles. The molecule has 0 aromatic heterocycles. The van der Waals surface area contributed by atoms with Gasteiger partial charge < -0.3 is 5.32 Å². The highest BCUT2D eigenvalue weighted by molar-refractivity contribution is 14.1. The van der Waals surface area contributed by atoms with Crippen LogP contribution in [0.15, 0.2) is 54.6 Å². The number of amides is 2. The molecule has 0 heterocycles. The maximum atomic E-state index is 11.6. The fourth-order valence-corrected chi connectivity index (χ4v) is 2.20. The summed E-state index contributed by atoms with van der Waals surface area (Å²) in [5.74, 6) is 0. The van der Waals surface area contributed by atoms with Gasteiger partial charge in [-0.3, -0.25) is 4.84 Å². The number of halogens is 1. The van der Waals surface area contributed by atoms with Crippen molar-refractivity contribution >= 4 is 34.3 Å². The first-order chi connectivity index (χ1) is 9.74. The van der Waals surface area contributed by atoms with Crippen molar-refractivity contribution < 1.29 is 9.63 Å². The second-order valence-electron chi connectivity index (χ2n) is 4.15. The van der Waals surface area contributed by atoms with Gasteiger partial charge in [0.1, 0.15) is 0 Å². The zero-order valence-electron chi connectivity index (χ0n) is 10.8.